The molecular weight excluding hydrogens is 283 g/mol. The lowest BCUT2D eigenvalue weighted by Gasteiger charge is -2.26. The molecule has 0 aliphatic carbocycles. The summed E-state index contributed by atoms with van der Waals surface area (Å²) in [6, 6.07) is 0. The van der Waals surface area contributed by atoms with Crippen LogP contribution in [-0.2, 0) is 23.1 Å². The van der Waals surface area contributed by atoms with Crippen molar-refractivity contribution in [1.82, 2.24) is 13.9 Å². The second kappa shape index (κ2) is 5.12. The van der Waals surface area contributed by atoms with Gasteiger partial charge in [0.1, 0.15) is 12.4 Å². The van der Waals surface area contributed by atoms with E-state index >= 15 is 0 Å². The third-order valence-corrected chi connectivity index (χ3v) is 4.83. The summed E-state index contributed by atoms with van der Waals surface area (Å²) in [5.41, 5.74) is 0. The third kappa shape index (κ3) is 3.69. The lowest BCUT2D eigenvalue weighted by molar-refractivity contribution is -0.141. The van der Waals surface area contributed by atoms with E-state index in [2.05, 4.69) is 4.98 Å². The number of nitrogens with zero attached hydrogens (tertiary/aromatic N) is 3. The van der Waals surface area contributed by atoms with Crippen LogP contribution in [0.3, 0.4) is 0 Å². The molecule has 1 fully saturated rings. The number of aromatic nitrogens is 2. The van der Waals surface area contributed by atoms with Crippen LogP contribution in [0.25, 0.3) is 0 Å². The quantitative estimate of drug-likeness (QED) is 0.847. The zero-order valence-electron chi connectivity index (χ0n) is 10.1. The summed E-state index contributed by atoms with van der Waals surface area (Å²) in [4.78, 5) is 3.82. The van der Waals surface area contributed by atoms with Gasteiger partial charge in [0.25, 0.3) is 0 Å². The molecule has 0 spiro atoms. The van der Waals surface area contributed by atoms with Crippen molar-refractivity contribution in [1.29, 1.82) is 0 Å². The number of hydrogen-bond acceptors (Lipinski definition) is 3. The van der Waals surface area contributed by atoms with Crippen LogP contribution in [0, 0.1) is 0 Å². The van der Waals surface area contributed by atoms with Gasteiger partial charge in [0, 0.05) is 18.9 Å². The van der Waals surface area contributed by atoms with E-state index in [1.807, 2.05) is 0 Å². The van der Waals surface area contributed by atoms with Gasteiger partial charge in [-0.25, -0.2) is 13.4 Å². The van der Waals surface area contributed by atoms with Gasteiger partial charge in [0.2, 0.25) is 10.0 Å². The number of sulfonamides is 1. The fourth-order valence-electron chi connectivity index (χ4n) is 2.00. The normalized spacial score (nSPS) is 20.6. The molecule has 1 saturated heterocycles. The highest BCUT2D eigenvalue weighted by atomic mass is 32.2. The number of alkyl halides is 3. The summed E-state index contributed by atoms with van der Waals surface area (Å²) >= 11 is 0. The summed E-state index contributed by atoms with van der Waals surface area (Å²) in [7, 11) is -3.36. The van der Waals surface area contributed by atoms with Crippen molar-refractivity contribution < 1.29 is 21.6 Å². The maximum atomic E-state index is 12.3. The summed E-state index contributed by atoms with van der Waals surface area (Å²) in [6.45, 7) is -0.928. The third-order valence-electron chi connectivity index (χ3n) is 2.92. The molecule has 0 radical (unpaired) electrons. The van der Waals surface area contributed by atoms with Crippen LogP contribution in [0.4, 0.5) is 13.2 Å². The minimum atomic E-state index is -4.35. The number of rotatable bonds is 3. The van der Waals surface area contributed by atoms with Crippen molar-refractivity contribution in [2.45, 2.75) is 32.1 Å². The van der Waals surface area contributed by atoms with Gasteiger partial charge in [-0.1, -0.05) is 0 Å². The van der Waals surface area contributed by atoms with Crippen LogP contribution >= 0.6 is 0 Å². The van der Waals surface area contributed by atoms with Crippen LogP contribution in [0.2, 0.25) is 0 Å². The largest absolute Gasteiger partial charge is 0.406 e. The van der Waals surface area contributed by atoms with Crippen LogP contribution in [0.15, 0.2) is 12.4 Å². The van der Waals surface area contributed by atoms with Crippen LogP contribution < -0.4 is 0 Å². The van der Waals surface area contributed by atoms with Crippen molar-refractivity contribution in [3.63, 3.8) is 0 Å². The molecule has 0 aromatic carbocycles. The molecule has 9 heteroatoms. The van der Waals surface area contributed by atoms with E-state index in [1.54, 1.807) is 0 Å². The van der Waals surface area contributed by atoms with Crippen molar-refractivity contribution in [2.24, 2.45) is 0 Å². The fourth-order valence-corrected chi connectivity index (χ4v) is 3.55. The van der Waals surface area contributed by atoms with Gasteiger partial charge in [0.05, 0.1) is 12.3 Å². The molecule has 2 rings (SSSR count). The zero-order chi connectivity index (χ0) is 14.1. The highest BCUT2D eigenvalue weighted by Crippen LogP contribution is 2.20. The average Bonchev–Trinajstić information content (AvgIpc) is 2.66. The molecule has 108 valence electrons. The second-order valence-corrected chi connectivity index (χ2v) is 6.53. The predicted molar refractivity (Wildman–Crippen MR) is 61.7 cm³/mol. The Morgan fingerprint density at radius 2 is 2.05 bits per heavy atom. The molecule has 1 aromatic heterocycles. The van der Waals surface area contributed by atoms with E-state index in [1.165, 1.54) is 16.7 Å². The Labute approximate surface area is 109 Å². The monoisotopic (exact) mass is 297 g/mol. The Balaban J connectivity index is 2.13. The van der Waals surface area contributed by atoms with Crippen LogP contribution in [-0.4, -0.2) is 40.7 Å². The van der Waals surface area contributed by atoms with Gasteiger partial charge >= 0.3 is 6.18 Å². The summed E-state index contributed by atoms with van der Waals surface area (Å²) in [6.07, 6.45) is -0.581. The van der Waals surface area contributed by atoms with Crippen molar-refractivity contribution in [3.05, 3.63) is 18.2 Å². The van der Waals surface area contributed by atoms with Gasteiger partial charge in [-0.05, 0) is 12.8 Å². The minimum Gasteiger partial charge on any atom is -0.325 e. The van der Waals surface area contributed by atoms with E-state index < -0.39 is 22.7 Å². The number of halogens is 3. The van der Waals surface area contributed by atoms with Crippen LogP contribution in [0.1, 0.15) is 18.7 Å². The Bertz CT molecular complexity index is 538. The zero-order valence-corrected chi connectivity index (χ0v) is 10.9. The fraction of sp³-hybridized carbons (Fsp3) is 0.700. The van der Waals surface area contributed by atoms with Gasteiger partial charge in [-0.15, -0.1) is 0 Å². The van der Waals surface area contributed by atoms with E-state index in [4.69, 9.17) is 0 Å². The Kier molecular flexibility index (Phi) is 3.86. The summed E-state index contributed by atoms with van der Waals surface area (Å²) < 4.78 is 62.7. The maximum Gasteiger partial charge on any atom is 0.406 e. The smallest absolute Gasteiger partial charge is 0.325 e. The highest BCUT2D eigenvalue weighted by molar-refractivity contribution is 7.89. The molecule has 0 bridgehead atoms. The predicted octanol–water partition coefficient (Wildman–Crippen LogP) is 1.37. The van der Waals surface area contributed by atoms with E-state index in [0.717, 1.165) is 11.0 Å². The molecular formula is C10H14F3N3O2S. The van der Waals surface area contributed by atoms with Gasteiger partial charge < -0.3 is 4.57 Å². The molecule has 0 amide bonds. The molecule has 0 N–H and O–H groups in total. The molecule has 1 aromatic rings. The first-order chi connectivity index (χ1) is 8.78. The van der Waals surface area contributed by atoms with Crippen molar-refractivity contribution in [3.8, 4) is 0 Å². The van der Waals surface area contributed by atoms with Crippen LogP contribution in [0.5, 0.6) is 0 Å². The van der Waals surface area contributed by atoms with Gasteiger partial charge in [-0.3, -0.25) is 0 Å². The summed E-state index contributed by atoms with van der Waals surface area (Å²) in [5.74, 6) is 0.162. The van der Waals surface area contributed by atoms with Gasteiger partial charge in [0.15, 0.2) is 0 Å². The van der Waals surface area contributed by atoms with Gasteiger partial charge in [-0.2, -0.15) is 17.5 Å². The molecule has 0 unspecified atom stereocenters. The standard InChI is InChI=1S/C10H14F3N3O2S/c11-10(12,13)8-15-5-3-14-9(15)7-16-4-1-2-6-19(16,17)18/h3,5H,1-2,4,6-8H2. The molecule has 1 aliphatic rings. The highest BCUT2D eigenvalue weighted by Gasteiger charge is 2.31. The first-order valence-corrected chi connectivity index (χ1v) is 7.43. The molecule has 19 heavy (non-hydrogen) atoms. The van der Waals surface area contributed by atoms with E-state index in [0.29, 0.717) is 13.0 Å². The Hall–Kier alpha value is -1.09. The molecule has 2 heterocycles. The average molecular weight is 297 g/mol. The molecule has 0 atom stereocenters. The number of hydrogen-bond donors (Lipinski definition) is 0. The van der Waals surface area contributed by atoms with E-state index in [-0.39, 0.29) is 18.1 Å². The Morgan fingerprint density at radius 1 is 1.32 bits per heavy atom. The van der Waals surface area contributed by atoms with E-state index in [9.17, 15) is 21.6 Å². The second-order valence-electron chi connectivity index (χ2n) is 4.44. The number of imidazole rings is 1. The topological polar surface area (TPSA) is 55.2 Å². The first-order valence-electron chi connectivity index (χ1n) is 5.82. The van der Waals surface area contributed by atoms with Crippen molar-refractivity contribution in [2.75, 3.05) is 12.3 Å². The minimum absolute atomic E-state index is 0.0486. The molecule has 0 saturated carbocycles. The lowest BCUT2D eigenvalue weighted by Crippen LogP contribution is -2.38. The summed E-state index contributed by atoms with van der Waals surface area (Å²) in [5, 5.41) is 0. The molecule has 1 aliphatic heterocycles. The maximum absolute atomic E-state index is 12.3. The first kappa shape index (κ1) is 14.3. The molecule has 5 nitrogen and oxygen atoms in total. The van der Waals surface area contributed by atoms with Crippen molar-refractivity contribution >= 4 is 10.0 Å². The lowest BCUT2D eigenvalue weighted by atomic mass is 10.3. The Morgan fingerprint density at radius 3 is 2.68 bits per heavy atom. The SMILES string of the molecule is O=S1(=O)CCCCN1Cc1nccn1CC(F)(F)F.